The van der Waals surface area contributed by atoms with Gasteiger partial charge in [-0.2, -0.15) is 0 Å². The van der Waals surface area contributed by atoms with Gasteiger partial charge >= 0.3 is 0 Å². The predicted octanol–water partition coefficient (Wildman–Crippen LogP) is 3.94. The van der Waals surface area contributed by atoms with Gasteiger partial charge in [0.2, 0.25) is 0 Å². The third-order valence-electron chi connectivity index (χ3n) is 2.83. The Morgan fingerprint density at radius 3 is 2.39 bits per heavy atom. The molecular formula is C15H25NO2. The van der Waals surface area contributed by atoms with Crippen LogP contribution in [0.5, 0.6) is 11.5 Å². The minimum Gasteiger partial charge on any atom is -0.497 e. The summed E-state index contributed by atoms with van der Waals surface area (Å²) in [6.45, 7) is 7.73. The quantitative estimate of drug-likeness (QED) is 0.777. The summed E-state index contributed by atoms with van der Waals surface area (Å²) >= 11 is 0. The lowest BCUT2D eigenvalue weighted by atomic mass is 9.91. The molecule has 0 unspecified atom stereocenters. The number of rotatable bonds is 6. The average molecular weight is 251 g/mol. The lowest BCUT2D eigenvalue weighted by Gasteiger charge is -2.18. The molecule has 0 aliphatic heterocycles. The normalized spacial score (nSPS) is 11.2. The van der Waals surface area contributed by atoms with E-state index in [9.17, 15) is 0 Å². The van der Waals surface area contributed by atoms with Crippen LogP contribution in [0.25, 0.3) is 0 Å². The van der Waals surface area contributed by atoms with Crippen LogP contribution in [0.3, 0.4) is 0 Å². The molecule has 0 spiro atoms. The molecule has 1 N–H and O–H groups in total. The van der Waals surface area contributed by atoms with Crippen LogP contribution in [0.1, 0.15) is 33.6 Å². The topological polar surface area (TPSA) is 30.5 Å². The first-order valence-corrected chi connectivity index (χ1v) is 6.42. The summed E-state index contributed by atoms with van der Waals surface area (Å²) in [5.41, 5.74) is 1.38. The number of anilines is 1. The number of hydrogen-bond acceptors (Lipinski definition) is 3. The average Bonchev–Trinajstić information content (AvgIpc) is 2.33. The molecule has 0 aromatic heterocycles. The van der Waals surface area contributed by atoms with E-state index in [0.29, 0.717) is 5.41 Å². The second-order valence-electron chi connectivity index (χ2n) is 5.66. The molecule has 102 valence electrons. The molecule has 0 heterocycles. The molecule has 0 fully saturated rings. The molecule has 0 aliphatic rings. The van der Waals surface area contributed by atoms with Crippen LogP contribution in [-0.4, -0.2) is 20.8 Å². The fourth-order valence-corrected chi connectivity index (χ4v) is 1.79. The smallest absolute Gasteiger partial charge is 0.142 e. The van der Waals surface area contributed by atoms with Crippen molar-refractivity contribution in [3.63, 3.8) is 0 Å². The maximum Gasteiger partial charge on any atom is 0.142 e. The SMILES string of the molecule is COc1ccc(OC)c(NCCCC(C)(C)C)c1. The van der Waals surface area contributed by atoms with Gasteiger partial charge in [0.15, 0.2) is 0 Å². The Bertz CT molecular complexity index is 369. The van der Waals surface area contributed by atoms with Crippen molar-refractivity contribution in [2.45, 2.75) is 33.6 Å². The minimum absolute atomic E-state index is 0.389. The lowest BCUT2D eigenvalue weighted by molar-refractivity contribution is 0.370. The lowest BCUT2D eigenvalue weighted by Crippen LogP contribution is -2.09. The fourth-order valence-electron chi connectivity index (χ4n) is 1.79. The highest BCUT2D eigenvalue weighted by molar-refractivity contribution is 5.59. The van der Waals surface area contributed by atoms with E-state index in [1.165, 1.54) is 6.42 Å². The van der Waals surface area contributed by atoms with Gasteiger partial charge in [0.1, 0.15) is 11.5 Å². The maximum atomic E-state index is 5.32. The maximum absolute atomic E-state index is 5.32. The Labute approximate surface area is 110 Å². The highest BCUT2D eigenvalue weighted by Gasteiger charge is 2.09. The number of ether oxygens (including phenoxy) is 2. The van der Waals surface area contributed by atoms with Gasteiger partial charge in [-0.1, -0.05) is 20.8 Å². The van der Waals surface area contributed by atoms with E-state index in [0.717, 1.165) is 30.2 Å². The summed E-state index contributed by atoms with van der Waals surface area (Å²) in [6.07, 6.45) is 2.34. The van der Waals surface area contributed by atoms with Crippen LogP contribution in [0.4, 0.5) is 5.69 Å². The second-order valence-corrected chi connectivity index (χ2v) is 5.66. The summed E-state index contributed by atoms with van der Waals surface area (Å²) in [6, 6.07) is 5.79. The molecule has 0 radical (unpaired) electrons. The largest absolute Gasteiger partial charge is 0.497 e. The van der Waals surface area contributed by atoms with Crippen molar-refractivity contribution < 1.29 is 9.47 Å². The zero-order valence-electron chi connectivity index (χ0n) is 12.2. The first kappa shape index (κ1) is 14.7. The van der Waals surface area contributed by atoms with Gasteiger partial charge in [-0.25, -0.2) is 0 Å². The summed E-state index contributed by atoms with van der Waals surface area (Å²) in [5, 5.41) is 3.41. The van der Waals surface area contributed by atoms with Crippen LogP contribution >= 0.6 is 0 Å². The third kappa shape index (κ3) is 4.86. The van der Waals surface area contributed by atoms with Gasteiger partial charge in [-0.3, -0.25) is 0 Å². The van der Waals surface area contributed by atoms with E-state index >= 15 is 0 Å². The van der Waals surface area contributed by atoms with Crippen LogP contribution in [0.2, 0.25) is 0 Å². The molecule has 0 saturated carbocycles. The van der Waals surface area contributed by atoms with E-state index in [1.54, 1.807) is 14.2 Å². The Hall–Kier alpha value is -1.38. The van der Waals surface area contributed by atoms with Crippen LogP contribution < -0.4 is 14.8 Å². The van der Waals surface area contributed by atoms with Crippen molar-refractivity contribution in [1.29, 1.82) is 0 Å². The van der Waals surface area contributed by atoms with Crippen LogP contribution in [0, 0.1) is 5.41 Å². The number of nitrogens with one attached hydrogen (secondary N) is 1. The highest BCUT2D eigenvalue weighted by Crippen LogP contribution is 2.29. The molecule has 0 aliphatic carbocycles. The summed E-state index contributed by atoms with van der Waals surface area (Å²) < 4.78 is 10.5. The molecule has 0 atom stereocenters. The summed E-state index contributed by atoms with van der Waals surface area (Å²) in [5.74, 6) is 1.70. The minimum atomic E-state index is 0.389. The summed E-state index contributed by atoms with van der Waals surface area (Å²) in [7, 11) is 3.35. The van der Waals surface area contributed by atoms with Crippen molar-refractivity contribution in [2.75, 3.05) is 26.1 Å². The molecule has 1 aromatic rings. The molecular weight excluding hydrogens is 226 g/mol. The van der Waals surface area contributed by atoms with Crippen molar-refractivity contribution >= 4 is 5.69 Å². The van der Waals surface area contributed by atoms with Gasteiger partial charge in [0, 0.05) is 12.6 Å². The molecule has 0 bridgehead atoms. The van der Waals surface area contributed by atoms with E-state index in [4.69, 9.17) is 9.47 Å². The molecule has 18 heavy (non-hydrogen) atoms. The van der Waals surface area contributed by atoms with Gasteiger partial charge in [0.05, 0.1) is 19.9 Å². The molecule has 0 amide bonds. The van der Waals surface area contributed by atoms with Crippen molar-refractivity contribution in [3.8, 4) is 11.5 Å². The first-order valence-electron chi connectivity index (χ1n) is 6.42. The van der Waals surface area contributed by atoms with Gasteiger partial charge in [-0.05, 0) is 30.4 Å². The second kappa shape index (κ2) is 6.53. The van der Waals surface area contributed by atoms with Gasteiger partial charge in [0.25, 0.3) is 0 Å². The summed E-state index contributed by atoms with van der Waals surface area (Å²) in [4.78, 5) is 0. The zero-order valence-corrected chi connectivity index (χ0v) is 12.2. The van der Waals surface area contributed by atoms with Gasteiger partial charge < -0.3 is 14.8 Å². The number of methoxy groups -OCH3 is 2. The Balaban J connectivity index is 2.54. The van der Waals surface area contributed by atoms with E-state index < -0.39 is 0 Å². The Morgan fingerprint density at radius 1 is 1.11 bits per heavy atom. The highest BCUT2D eigenvalue weighted by atomic mass is 16.5. The first-order chi connectivity index (χ1) is 8.46. The zero-order chi connectivity index (χ0) is 13.6. The molecule has 1 rings (SSSR count). The van der Waals surface area contributed by atoms with Crippen molar-refractivity contribution in [3.05, 3.63) is 18.2 Å². The molecule has 1 aromatic carbocycles. The van der Waals surface area contributed by atoms with Gasteiger partial charge in [-0.15, -0.1) is 0 Å². The fraction of sp³-hybridized carbons (Fsp3) is 0.600. The van der Waals surface area contributed by atoms with E-state index in [1.807, 2.05) is 18.2 Å². The Morgan fingerprint density at radius 2 is 1.83 bits per heavy atom. The molecule has 0 saturated heterocycles. The number of benzene rings is 1. The third-order valence-corrected chi connectivity index (χ3v) is 2.83. The molecule has 3 nitrogen and oxygen atoms in total. The van der Waals surface area contributed by atoms with E-state index in [2.05, 4.69) is 26.1 Å². The van der Waals surface area contributed by atoms with E-state index in [-0.39, 0.29) is 0 Å². The van der Waals surface area contributed by atoms with Crippen LogP contribution in [0.15, 0.2) is 18.2 Å². The monoisotopic (exact) mass is 251 g/mol. The molecule has 3 heteroatoms. The predicted molar refractivity (Wildman–Crippen MR) is 76.7 cm³/mol. The Kier molecular flexibility index (Phi) is 5.32. The standard InChI is InChI=1S/C15H25NO2/c1-15(2,3)9-6-10-16-13-11-12(17-4)7-8-14(13)18-5/h7-8,11,16H,6,9-10H2,1-5H3. The van der Waals surface area contributed by atoms with Crippen molar-refractivity contribution in [1.82, 2.24) is 0 Å². The number of hydrogen-bond donors (Lipinski definition) is 1. The van der Waals surface area contributed by atoms with Crippen molar-refractivity contribution in [2.24, 2.45) is 5.41 Å². The van der Waals surface area contributed by atoms with Crippen LogP contribution in [-0.2, 0) is 0 Å².